The van der Waals surface area contributed by atoms with Gasteiger partial charge in [0.15, 0.2) is 0 Å². The Labute approximate surface area is 139 Å². The van der Waals surface area contributed by atoms with Crippen molar-refractivity contribution >= 4 is 0 Å². The summed E-state index contributed by atoms with van der Waals surface area (Å²) < 4.78 is 1.95. The minimum atomic E-state index is 0.749. The topological polar surface area (TPSA) is 21.1 Å². The summed E-state index contributed by atoms with van der Waals surface area (Å²) in [5.41, 5.74) is 5.50. The molecule has 122 valence electrons. The van der Waals surface area contributed by atoms with E-state index in [-0.39, 0.29) is 0 Å². The lowest BCUT2D eigenvalue weighted by atomic mass is 9.84. The van der Waals surface area contributed by atoms with Gasteiger partial charge in [-0.2, -0.15) is 5.10 Å². The molecule has 2 fully saturated rings. The third-order valence-corrected chi connectivity index (χ3v) is 5.90. The second kappa shape index (κ2) is 5.79. The smallest absolute Gasteiger partial charge is 0.0638 e. The first-order chi connectivity index (χ1) is 11.1. The van der Waals surface area contributed by atoms with Crippen LogP contribution in [-0.2, 0) is 13.6 Å². The van der Waals surface area contributed by atoms with Crippen LogP contribution < -0.4 is 0 Å². The van der Waals surface area contributed by atoms with Gasteiger partial charge >= 0.3 is 0 Å². The van der Waals surface area contributed by atoms with Crippen LogP contribution in [0, 0.1) is 13.8 Å². The monoisotopic (exact) mass is 309 g/mol. The molecule has 1 aromatic carbocycles. The minimum Gasteiger partial charge on any atom is -0.293 e. The van der Waals surface area contributed by atoms with Gasteiger partial charge in [-0.25, -0.2) is 0 Å². The molecule has 2 aliphatic rings. The Morgan fingerprint density at radius 3 is 2.26 bits per heavy atom. The van der Waals surface area contributed by atoms with E-state index < -0.39 is 0 Å². The maximum absolute atomic E-state index is 4.51. The highest BCUT2D eigenvalue weighted by atomic mass is 15.3. The number of fused-ring (bicyclic) bond motifs is 2. The van der Waals surface area contributed by atoms with Crippen LogP contribution in [0.2, 0.25) is 0 Å². The van der Waals surface area contributed by atoms with Crippen LogP contribution in [0.1, 0.15) is 54.0 Å². The van der Waals surface area contributed by atoms with Crippen LogP contribution >= 0.6 is 0 Å². The van der Waals surface area contributed by atoms with E-state index in [4.69, 9.17) is 0 Å². The summed E-state index contributed by atoms with van der Waals surface area (Å²) in [6.45, 7) is 5.39. The van der Waals surface area contributed by atoms with Gasteiger partial charge < -0.3 is 0 Å². The van der Waals surface area contributed by atoms with Gasteiger partial charge in [-0.3, -0.25) is 9.58 Å². The van der Waals surface area contributed by atoms with Gasteiger partial charge in [0.05, 0.1) is 5.69 Å². The van der Waals surface area contributed by atoms with Crippen molar-refractivity contribution in [3.8, 4) is 0 Å². The predicted molar refractivity (Wildman–Crippen MR) is 93.5 cm³/mol. The number of aryl methyl sites for hydroxylation is 3. The van der Waals surface area contributed by atoms with Crippen molar-refractivity contribution in [1.82, 2.24) is 14.7 Å². The molecule has 2 bridgehead atoms. The molecule has 2 aliphatic heterocycles. The zero-order valence-corrected chi connectivity index (χ0v) is 14.5. The van der Waals surface area contributed by atoms with Gasteiger partial charge in [-0.15, -0.1) is 0 Å². The van der Waals surface area contributed by atoms with Crippen molar-refractivity contribution in [3.05, 3.63) is 52.8 Å². The molecule has 0 unspecified atom stereocenters. The largest absolute Gasteiger partial charge is 0.293 e. The van der Waals surface area contributed by atoms with Crippen LogP contribution in [0.4, 0.5) is 0 Å². The number of benzene rings is 1. The van der Waals surface area contributed by atoms with Gasteiger partial charge in [0.2, 0.25) is 0 Å². The summed E-state index contributed by atoms with van der Waals surface area (Å²) in [6.07, 6.45) is 7.57. The number of piperidine rings is 1. The van der Waals surface area contributed by atoms with Crippen LogP contribution in [-0.4, -0.2) is 26.8 Å². The highest BCUT2D eigenvalue weighted by Crippen LogP contribution is 2.43. The molecule has 4 rings (SSSR count). The maximum Gasteiger partial charge on any atom is 0.0638 e. The van der Waals surface area contributed by atoms with Gasteiger partial charge in [-0.1, -0.05) is 29.8 Å². The molecule has 3 nitrogen and oxygen atoms in total. The number of nitrogens with zero attached hydrogens (tertiary/aromatic N) is 3. The Morgan fingerprint density at radius 1 is 1.04 bits per heavy atom. The minimum absolute atomic E-state index is 0.749. The van der Waals surface area contributed by atoms with E-state index in [1.54, 1.807) is 5.56 Å². The van der Waals surface area contributed by atoms with Crippen molar-refractivity contribution in [2.24, 2.45) is 7.05 Å². The highest BCUT2D eigenvalue weighted by molar-refractivity contribution is 5.26. The van der Waals surface area contributed by atoms with Gasteiger partial charge in [-0.05, 0) is 51.0 Å². The fraction of sp³-hybridized carbons (Fsp3) is 0.550. The van der Waals surface area contributed by atoms with E-state index in [1.807, 2.05) is 11.7 Å². The Kier molecular flexibility index (Phi) is 3.76. The molecule has 0 saturated carbocycles. The molecule has 0 N–H and O–H groups in total. The number of hydrogen-bond donors (Lipinski definition) is 0. The SMILES string of the molecule is Cc1ccc(C2C[C@@H]3CC[C@@H](C2)N3Cc2cn(C)nc2C)cc1. The van der Waals surface area contributed by atoms with Crippen molar-refractivity contribution in [3.63, 3.8) is 0 Å². The first kappa shape index (κ1) is 14.9. The molecule has 0 amide bonds. The molecule has 0 aliphatic carbocycles. The van der Waals surface area contributed by atoms with Crippen molar-refractivity contribution in [2.75, 3.05) is 0 Å². The Bertz CT molecular complexity index is 671. The lowest BCUT2D eigenvalue weighted by molar-refractivity contribution is 0.118. The molecular formula is C20H27N3. The molecule has 3 heterocycles. The second-order valence-corrected chi connectivity index (χ2v) is 7.55. The normalized spacial score (nSPS) is 27.5. The molecule has 0 spiro atoms. The lowest BCUT2D eigenvalue weighted by Crippen LogP contribution is -2.41. The summed E-state index contributed by atoms with van der Waals surface area (Å²) in [6, 6.07) is 10.7. The molecular weight excluding hydrogens is 282 g/mol. The molecule has 2 saturated heterocycles. The maximum atomic E-state index is 4.51. The average molecular weight is 309 g/mol. The quantitative estimate of drug-likeness (QED) is 0.856. The van der Waals surface area contributed by atoms with Crippen molar-refractivity contribution in [2.45, 2.75) is 64.1 Å². The van der Waals surface area contributed by atoms with E-state index in [0.29, 0.717) is 0 Å². The van der Waals surface area contributed by atoms with E-state index >= 15 is 0 Å². The van der Waals surface area contributed by atoms with Crippen LogP contribution in [0.25, 0.3) is 0 Å². The lowest BCUT2D eigenvalue weighted by Gasteiger charge is -2.39. The Morgan fingerprint density at radius 2 is 1.70 bits per heavy atom. The van der Waals surface area contributed by atoms with Crippen LogP contribution in [0.5, 0.6) is 0 Å². The zero-order valence-electron chi connectivity index (χ0n) is 14.5. The van der Waals surface area contributed by atoms with E-state index in [0.717, 1.165) is 24.5 Å². The number of aromatic nitrogens is 2. The second-order valence-electron chi connectivity index (χ2n) is 7.55. The van der Waals surface area contributed by atoms with Gasteiger partial charge in [0.1, 0.15) is 0 Å². The third kappa shape index (κ3) is 2.83. The van der Waals surface area contributed by atoms with E-state index in [9.17, 15) is 0 Å². The highest BCUT2D eigenvalue weighted by Gasteiger charge is 2.41. The summed E-state index contributed by atoms with van der Waals surface area (Å²) in [5, 5.41) is 4.51. The van der Waals surface area contributed by atoms with Crippen LogP contribution in [0.3, 0.4) is 0 Å². The fourth-order valence-corrected chi connectivity index (χ4v) is 4.64. The first-order valence-electron chi connectivity index (χ1n) is 8.91. The summed E-state index contributed by atoms with van der Waals surface area (Å²) in [5.74, 6) is 0.749. The summed E-state index contributed by atoms with van der Waals surface area (Å²) >= 11 is 0. The average Bonchev–Trinajstić information content (AvgIpc) is 2.95. The zero-order chi connectivity index (χ0) is 16.0. The van der Waals surface area contributed by atoms with E-state index in [1.165, 1.54) is 42.5 Å². The molecule has 23 heavy (non-hydrogen) atoms. The summed E-state index contributed by atoms with van der Waals surface area (Å²) in [4.78, 5) is 2.76. The van der Waals surface area contributed by atoms with Crippen molar-refractivity contribution in [1.29, 1.82) is 0 Å². The molecule has 2 aromatic rings. The molecule has 1 aromatic heterocycles. The Balaban J connectivity index is 1.49. The predicted octanol–water partition coefficient (Wildman–Crippen LogP) is 3.95. The van der Waals surface area contributed by atoms with Crippen LogP contribution in [0.15, 0.2) is 30.5 Å². The number of rotatable bonds is 3. The summed E-state index contributed by atoms with van der Waals surface area (Å²) in [7, 11) is 2.02. The van der Waals surface area contributed by atoms with Gasteiger partial charge in [0, 0.05) is 37.4 Å². The first-order valence-corrected chi connectivity index (χ1v) is 8.91. The molecule has 0 radical (unpaired) electrons. The number of hydrogen-bond acceptors (Lipinski definition) is 2. The molecule has 3 heteroatoms. The van der Waals surface area contributed by atoms with E-state index in [2.05, 4.69) is 54.3 Å². The third-order valence-electron chi connectivity index (χ3n) is 5.90. The molecule has 2 atom stereocenters. The standard InChI is InChI=1S/C20H27N3/c1-14-4-6-16(7-5-14)17-10-19-8-9-20(11-17)23(19)13-18-12-22(3)21-15(18)2/h4-7,12,17,19-20H,8-11,13H2,1-3H3/t19-,20-/m0/s1. The fourth-order valence-electron chi connectivity index (χ4n) is 4.64. The van der Waals surface area contributed by atoms with Crippen molar-refractivity contribution < 1.29 is 0 Å². The van der Waals surface area contributed by atoms with Gasteiger partial charge in [0.25, 0.3) is 0 Å². The Hall–Kier alpha value is -1.61.